The highest BCUT2D eigenvalue weighted by atomic mass is 19.1. The van der Waals surface area contributed by atoms with Gasteiger partial charge in [0.2, 0.25) is 5.95 Å². The number of aromatic nitrogens is 2. The first-order valence-corrected chi connectivity index (χ1v) is 8.41. The normalized spacial score (nSPS) is 10.4. The van der Waals surface area contributed by atoms with Gasteiger partial charge in [0, 0.05) is 29.9 Å². The van der Waals surface area contributed by atoms with Gasteiger partial charge >= 0.3 is 0 Å². The minimum Gasteiger partial charge on any atom is -0.497 e. The van der Waals surface area contributed by atoms with Gasteiger partial charge in [-0.05, 0) is 25.1 Å². The van der Waals surface area contributed by atoms with Crippen molar-refractivity contribution in [2.24, 2.45) is 0 Å². The standard InChI is InChI=1S/C20H21FN4O2/c1-13-10-19(24-17-11-15(26-2)8-9-18(17)27-3)25-20(23-13)22-12-14-6-4-5-7-16(14)21/h4-11H,12H2,1-3H3,(H2,22,23,24,25). The molecule has 6 nitrogen and oxygen atoms in total. The number of benzene rings is 2. The SMILES string of the molecule is COc1ccc(OC)c(Nc2cc(C)nc(NCc3ccccc3F)n2)c1. The van der Waals surface area contributed by atoms with E-state index in [9.17, 15) is 4.39 Å². The van der Waals surface area contributed by atoms with Crippen molar-refractivity contribution in [1.29, 1.82) is 0 Å². The zero-order chi connectivity index (χ0) is 19.2. The molecule has 0 aliphatic heterocycles. The number of anilines is 3. The van der Waals surface area contributed by atoms with Crippen LogP contribution < -0.4 is 20.1 Å². The number of aryl methyl sites for hydroxylation is 1. The van der Waals surface area contributed by atoms with Crippen molar-refractivity contribution < 1.29 is 13.9 Å². The third-order valence-electron chi connectivity index (χ3n) is 3.92. The molecule has 0 aliphatic carbocycles. The molecule has 0 fully saturated rings. The minimum absolute atomic E-state index is 0.267. The van der Waals surface area contributed by atoms with Crippen LogP contribution in [0.1, 0.15) is 11.3 Å². The number of ether oxygens (including phenoxy) is 2. The summed E-state index contributed by atoms with van der Waals surface area (Å²) in [5.74, 6) is 2.08. The van der Waals surface area contributed by atoms with Gasteiger partial charge in [-0.1, -0.05) is 18.2 Å². The van der Waals surface area contributed by atoms with E-state index in [1.165, 1.54) is 6.07 Å². The zero-order valence-electron chi connectivity index (χ0n) is 15.4. The molecule has 0 atom stereocenters. The lowest BCUT2D eigenvalue weighted by atomic mass is 10.2. The van der Waals surface area contributed by atoms with Crippen LogP contribution in [0.3, 0.4) is 0 Å². The van der Waals surface area contributed by atoms with Gasteiger partial charge in [-0.25, -0.2) is 9.37 Å². The summed E-state index contributed by atoms with van der Waals surface area (Å²) in [7, 11) is 3.20. The Hall–Kier alpha value is -3.35. The van der Waals surface area contributed by atoms with Crippen molar-refractivity contribution in [3.05, 3.63) is 65.6 Å². The average Bonchev–Trinajstić information content (AvgIpc) is 2.67. The lowest BCUT2D eigenvalue weighted by Gasteiger charge is -2.13. The van der Waals surface area contributed by atoms with Gasteiger partial charge in [0.15, 0.2) is 0 Å². The predicted molar refractivity (Wildman–Crippen MR) is 103 cm³/mol. The number of nitrogens with zero attached hydrogens (tertiary/aromatic N) is 2. The first-order valence-electron chi connectivity index (χ1n) is 8.41. The molecule has 1 aromatic heterocycles. The van der Waals surface area contributed by atoms with Gasteiger partial charge in [-0.15, -0.1) is 0 Å². The number of rotatable bonds is 7. The first kappa shape index (κ1) is 18.4. The summed E-state index contributed by atoms with van der Waals surface area (Å²) in [6.45, 7) is 2.15. The summed E-state index contributed by atoms with van der Waals surface area (Å²) in [6, 6.07) is 13.9. The molecule has 0 aliphatic rings. The van der Waals surface area contributed by atoms with Crippen LogP contribution in [0.5, 0.6) is 11.5 Å². The van der Waals surface area contributed by atoms with Gasteiger partial charge in [0.1, 0.15) is 23.1 Å². The maximum atomic E-state index is 13.8. The van der Waals surface area contributed by atoms with Crippen LogP contribution in [0.25, 0.3) is 0 Å². The third-order valence-corrected chi connectivity index (χ3v) is 3.92. The summed E-state index contributed by atoms with van der Waals surface area (Å²) in [6.07, 6.45) is 0. The topological polar surface area (TPSA) is 68.3 Å². The highest BCUT2D eigenvalue weighted by Gasteiger charge is 2.09. The Bertz CT molecular complexity index is 934. The van der Waals surface area contributed by atoms with Crippen LogP contribution in [0, 0.1) is 12.7 Å². The fourth-order valence-electron chi connectivity index (χ4n) is 2.58. The molecule has 0 bridgehead atoms. The van der Waals surface area contributed by atoms with E-state index in [0.717, 1.165) is 11.4 Å². The fourth-order valence-corrected chi connectivity index (χ4v) is 2.58. The lowest BCUT2D eigenvalue weighted by molar-refractivity contribution is 0.405. The Kier molecular flexibility index (Phi) is 5.71. The third kappa shape index (κ3) is 4.63. The summed E-state index contributed by atoms with van der Waals surface area (Å²) < 4.78 is 24.4. The Balaban J connectivity index is 1.80. The highest BCUT2D eigenvalue weighted by Crippen LogP contribution is 2.31. The monoisotopic (exact) mass is 368 g/mol. The van der Waals surface area contributed by atoms with Crippen molar-refractivity contribution in [2.75, 3.05) is 24.9 Å². The molecule has 0 unspecified atom stereocenters. The molecule has 0 radical (unpaired) electrons. The van der Waals surface area contributed by atoms with Crippen LogP contribution in [-0.4, -0.2) is 24.2 Å². The molecule has 3 aromatic rings. The predicted octanol–water partition coefficient (Wildman–Crippen LogP) is 4.30. The molecule has 2 N–H and O–H groups in total. The fraction of sp³-hybridized carbons (Fsp3) is 0.200. The molecular formula is C20H21FN4O2. The number of hydrogen-bond donors (Lipinski definition) is 2. The quantitative estimate of drug-likeness (QED) is 0.648. The number of halogens is 1. The Morgan fingerprint density at radius 3 is 2.56 bits per heavy atom. The van der Waals surface area contributed by atoms with Crippen molar-refractivity contribution in [3.8, 4) is 11.5 Å². The molecule has 3 rings (SSSR count). The van der Waals surface area contributed by atoms with Crippen molar-refractivity contribution in [3.63, 3.8) is 0 Å². The van der Waals surface area contributed by atoms with Crippen molar-refractivity contribution >= 4 is 17.5 Å². The van der Waals surface area contributed by atoms with Gasteiger partial charge in [0.25, 0.3) is 0 Å². The van der Waals surface area contributed by atoms with Gasteiger partial charge < -0.3 is 20.1 Å². The van der Waals surface area contributed by atoms with Crippen LogP contribution in [0.2, 0.25) is 0 Å². The number of nitrogens with one attached hydrogen (secondary N) is 2. The molecule has 0 spiro atoms. The van der Waals surface area contributed by atoms with E-state index in [1.807, 2.05) is 31.2 Å². The number of hydrogen-bond acceptors (Lipinski definition) is 6. The largest absolute Gasteiger partial charge is 0.497 e. The summed E-state index contributed by atoms with van der Waals surface area (Å²) in [5, 5.41) is 6.28. The van der Waals surface area contributed by atoms with Crippen molar-refractivity contribution in [2.45, 2.75) is 13.5 Å². The van der Waals surface area contributed by atoms with Crippen LogP contribution >= 0.6 is 0 Å². The van der Waals surface area contributed by atoms with Gasteiger partial charge in [0.05, 0.1) is 19.9 Å². The van der Waals surface area contributed by atoms with Crippen LogP contribution in [0.15, 0.2) is 48.5 Å². The minimum atomic E-state index is -0.267. The second-order valence-corrected chi connectivity index (χ2v) is 5.85. The molecule has 0 saturated heterocycles. The Morgan fingerprint density at radius 1 is 1.00 bits per heavy atom. The van der Waals surface area contributed by atoms with Gasteiger partial charge in [-0.3, -0.25) is 0 Å². The molecule has 2 aromatic carbocycles. The van der Waals surface area contributed by atoms with E-state index in [1.54, 1.807) is 32.4 Å². The summed E-state index contributed by atoms with van der Waals surface area (Å²) >= 11 is 0. The van der Waals surface area contributed by atoms with E-state index >= 15 is 0 Å². The van der Waals surface area contributed by atoms with Gasteiger partial charge in [-0.2, -0.15) is 4.98 Å². The lowest BCUT2D eigenvalue weighted by Crippen LogP contribution is -2.07. The first-order chi connectivity index (χ1) is 13.1. The molecule has 140 valence electrons. The summed E-state index contributed by atoms with van der Waals surface area (Å²) in [4.78, 5) is 8.81. The second kappa shape index (κ2) is 8.35. The molecular weight excluding hydrogens is 347 g/mol. The molecule has 1 heterocycles. The zero-order valence-corrected chi connectivity index (χ0v) is 15.4. The average molecular weight is 368 g/mol. The van der Waals surface area contributed by atoms with E-state index in [-0.39, 0.29) is 12.4 Å². The molecule has 7 heteroatoms. The van der Waals surface area contributed by atoms with E-state index in [0.29, 0.717) is 28.8 Å². The van der Waals surface area contributed by atoms with E-state index in [2.05, 4.69) is 20.6 Å². The Labute approximate surface area is 157 Å². The summed E-state index contributed by atoms with van der Waals surface area (Å²) in [5.41, 5.74) is 2.03. The van der Waals surface area contributed by atoms with Crippen LogP contribution in [-0.2, 0) is 6.54 Å². The van der Waals surface area contributed by atoms with Crippen LogP contribution in [0.4, 0.5) is 21.8 Å². The maximum Gasteiger partial charge on any atom is 0.225 e. The molecule has 27 heavy (non-hydrogen) atoms. The molecule has 0 amide bonds. The highest BCUT2D eigenvalue weighted by molar-refractivity contribution is 5.67. The maximum absolute atomic E-state index is 13.8. The smallest absolute Gasteiger partial charge is 0.225 e. The Morgan fingerprint density at radius 2 is 1.81 bits per heavy atom. The number of methoxy groups -OCH3 is 2. The second-order valence-electron chi connectivity index (χ2n) is 5.85. The molecule has 0 saturated carbocycles. The van der Waals surface area contributed by atoms with E-state index < -0.39 is 0 Å². The van der Waals surface area contributed by atoms with E-state index in [4.69, 9.17) is 9.47 Å². The van der Waals surface area contributed by atoms with Crippen molar-refractivity contribution in [1.82, 2.24) is 9.97 Å².